The van der Waals surface area contributed by atoms with Gasteiger partial charge in [0, 0.05) is 30.7 Å². The van der Waals surface area contributed by atoms with E-state index in [1.807, 2.05) is 0 Å². The van der Waals surface area contributed by atoms with Crippen LogP contribution in [-0.4, -0.2) is 21.8 Å². The van der Waals surface area contributed by atoms with Gasteiger partial charge in [0.25, 0.3) is 0 Å². The molecule has 4 aromatic rings. The number of rotatable bonds is 7. The van der Waals surface area contributed by atoms with Crippen LogP contribution in [0.3, 0.4) is 0 Å². The Hall–Kier alpha value is -4.27. The number of H-pyrrole nitrogens is 1. The highest BCUT2D eigenvalue weighted by molar-refractivity contribution is 6.13. The molecule has 2 amide bonds. The third-order valence-electron chi connectivity index (χ3n) is 5.82. The number of hydrogen-bond donors (Lipinski definition) is 3. The molecule has 0 saturated heterocycles. The molecule has 0 spiro atoms. The van der Waals surface area contributed by atoms with Crippen molar-refractivity contribution in [2.24, 2.45) is 5.41 Å². The number of nitrogens with one attached hydrogen (secondary N) is 3. The molecule has 5 rings (SSSR count). The van der Waals surface area contributed by atoms with Gasteiger partial charge in [-0.05, 0) is 54.8 Å². The van der Waals surface area contributed by atoms with Crippen LogP contribution in [0.2, 0.25) is 0 Å². The highest BCUT2D eigenvalue weighted by atomic mass is 19.1. The minimum atomic E-state index is -1.19. The predicted octanol–water partition coefficient (Wildman–Crippen LogP) is 4.67. The highest BCUT2D eigenvalue weighted by Gasteiger charge is 2.56. The van der Waals surface area contributed by atoms with Crippen molar-refractivity contribution in [2.75, 3.05) is 5.32 Å². The number of aromatic nitrogens is 2. The first-order valence-corrected chi connectivity index (χ1v) is 10.7. The number of carbonyl (C=O) groups is 2. The second-order valence-corrected chi connectivity index (χ2v) is 8.14. The summed E-state index contributed by atoms with van der Waals surface area (Å²) in [6, 6.07) is 13.2. The Morgan fingerprint density at radius 3 is 2.53 bits per heavy atom. The molecule has 1 aliphatic carbocycles. The van der Waals surface area contributed by atoms with Crippen molar-refractivity contribution in [2.45, 2.75) is 19.4 Å². The van der Waals surface area contributed by atoms with Gasteiger partial charge in [-0.15, -0.1) is 0 Å². The summed E-state index contributed by atoms with van der Waals surface area (Å²) >= 11 is 0. The van der Waals surface area contributed by atoms with E-state index in [-0.39, 0.29) is 23.8 Å². The van der Waals surface area contributed by atoms with Crippen LogP contribution in [0.25, 0.3) is 11.0 Å². The molecule has 2 aromatic carbocycles. The smallest absolute Gasteiger partial charge is 0.240 e. The fraction of sp³-hybridized carbons (Fsp3) is 0.160. The molecule has 34 heavy (non-hydrogen) atoms. The van der Waals surface area contributed by atoms with Gasteiger partial charge >= 0.3 is 0 Å². The standard InChI is InChI=1S/C25H20F2N4O3/c26-16-3-1-15(2-4-16)14-30-23(32)25(9-10-25)24(33)31-17-5-6-21(19(27)13-17)34-20-8-12-29-22-18(20)7-11-28-22/h1-8,11-13H,9-10,14H2,(H,28,29)(H,30,32)(H,31,33). The number of fused-ring (bicyclic) bond motifs is 1. The van der Waals surface area contributed by atoms with Gasteiger partial charge in [0.15, 0.2) is 11.6 Å². The lowest BCUT2D eigenvalue weighted by Crippen LogP contribution is -2.39. The van der Waals surface area contributed by atoms with Gasteiger partial charge in [-0.25, -0.2) is 13.8 Å². The molecule has 1 saturated carbocycles. The predicted molar refractivity (Wildman–Crippen MR) is 121 cm³/mol. The van der Waals surface area contributed by atoms with Gasteiger partial charge in [0.2, 0.25) is 11.8 Å². The van der Waals surface area contributed by atoms with Crippen LogP contribution in [0.5, 0.6) is 11.5 Å². The third-order valence-corrected chi connectivity index (χ3v) is 5.82. The van der Waals surface area contributed by atoms with Crippen molar-refractivity contribution < 1.29 is 23.1 Å². The van der Waals surface area contributed by atoms with E-state index in [1.165, 1.54) is 24.3 Å². The lowest BCUT2D eigenvalue weighted by atomic mass is 10.0. The van der Waals surface area contributed by atoms with Gasteiger partial charge in [0.1, 0.15) is 22.6 Å². The lowest BCUT2D eigenvalue weighted by Gasteiger charge is -2.16. The zero-order valence-corrected chi connectivity index (χ0v) is 17.9. The summed E-state index contributed by atoms with van der Waals surface area (Å²) < 4.78 is 33.4. The Bertz CT molecular complexity index is 1380. The molecule has 0 atom stereocenters. The topological polar surface area (TPSA) is 96.1 Å². The monoisotopic (exact) mass is 462 g/mol. The van der Waals surface area contributed by atoms with Crippen molar-refractivity contribution in [1.29, 1.82) is 0 Å². The summed E-state index contributed by atoms with van der Waals surface area (Å²) in [6.45, 7) is 0.179. The van der Waals surface area contributed by atoms with E-state index in [1.54, 1.807) is 36.7 Å². The molecular formula is C25H20F2N4O3. The molecule has 1 fully saturated rings. The largest absolute Gasteiger partial charge is 0.453 e. The number of anilines is 1. The number of benzene rings is 2. The summed E-state index contributed by atoms with van der Waals surface area (Å²) in [5.74, 6) is -1.51. The molecule has 172 valence electrons. The van der Waals surface area contributed by atoms with E-state index in [0.29, 0.717) is 29.6 Å². The van der Waals surface area contributed by atoms with E-state index in [0.717, 1.165) is 11.6 Å². The van der Waals surface area contributed by atoms with Crippen molar-refractivity contribution in [3.8, 4) is 11.5 Å². The molecule has 7 nitrogen and oxygen atoms in total. The van der Waals surface area contributed by atoms with Crippen LogP contribution in [-0.2, 0) is 16.1 Å². The maximum atomic E-state index is 14.7. The molecule has 2 heterocycles. The van der Waals surface area contributed by atoms with Crippen LogP contribution in [0.15, 0.2) is 67.0 Å². The van der Waals surface area contributed by atoms with E-state index in [9.17, 15) is 18.4 Å². The first-order valence-electron chi connectivity index (χ1n) is 10.7. The van der Waals surface area contributed by atoms with E-state index in [2.05, 4.69) is 20.6 Å². The van der Waals surface area contributed by atoms with Gasteiger partial charge in [-0.2, -0.15) is 0 Å². The molecule has 9 heteroatoms. The Labute approximate surface area is 193 Å². The number of amides is 2. The van der Waals surface area contributed by atoms with Gasteiger partial charge < -0.3 is 20.4 Å². The van der Waals surface area contributed by atoms with Gasteiger partial charge in [-0.3, -0.25) is 9.59 Å². The van der Waals surface area contributed by atoms with E-state index < -0.39 is 23.0 Å². The van der Waals surface area contributed by atoms with Crippen LogP contribution in [0, 0.1) is 17.0 Å². The zero-order valence-electron chi connectivity index (χ0n) is 17.9. The summed E-state index contributed by atoms with van der Waals surface area (Å²) in [5, 5.41) is 6.06. The minimum Gasteiger partial charge on any atom is -0.453 e. The molecule has 1 aliphatic rings. The summed E-state index contributed by atoms with van der Waals surface area (Å²) in [5.41, 5.74) is 0.362. The Morgan fingerprint density at radius 1 is 1.00 bits per heavy atom. The van der Waals surface area contributed by atoms with Gasteiger partial charge in [0.05, 0.1) is 5.39 Å². The lowest BCUT2D eigenvalue weighted by molar-refractivity contribution is -0.134. The fourth-order valence-electron chi connectivity index (χ4n) is 3.69. The molecule has 0 aliphatic heterocycles. The minimum absolute atomic E-state index is 0.00937. The number of halogens is 2. The summed E-state index contributed by atoms with van der Waals surface area (Å²) in [7, 11) is 0. The molecular weight excluding hydrogens is 442 g/mol. The van der Waals surface area contributed by atoms with E-state index in [4.69, 9.17) is 4.74 Å². The van der Waals surface area contributed by atoms with Gasteiger partial charge in [-0.1, -0.05) is 12.1 Å². The van der Waals surface area contributed by atoms with Crippen LogP contribution < -0.4 is 15.4 Å². The van der Waals surface area contributed by atoms with Crippen molar-refractivity contribution in [3.05, 3.63) is 84.2 Å². The van der Waals surface area contributed by atoms with Crippen molar-refractivity contribution in [3.63, 3.8) is 0 Å². The quantitative estimate of drug-likeness (QED) is 0.348. The van der Waals surface area contributed by atoms with E-state index >= 15 is 0 Å². The van der Waals surface area contributed by atoms with Crippen LogP contribution >= 0.6 is 0 Å². The Kier molecular flexibility index (Phi) is 5.45. The average Bonchev–Trinajstić information content (AvgIpc) is 3.51. The fourth-order valence-corrected chi connectivity index (χ4v) is 3.69. The zero-order chi connectivity index (χ0) is 23.7. The number of ether oxygens (including phenoxy) is 1. The second-order valence-electron chi connectivity index (χ2n) is 8.14. The van der Waals surface area contributed by atoms with Crippen molar-refractivity contribution >= 4 is 28.5 Å². The normalized spacial score (nSPS) is 13.9. The average molecular weight is 462 g/mol. The Balaban J connectivity index is 1.23. The number of hydrogen-bond acceptors (Lipinski definition) is 4. The third kappa shape index (κ3) is 4.19. The Morgan fingerprint density at radius 2 is 1.79 bits per heavy atom. The summed E-state index contributed by atoms with van der Waals surface area (Å²) in [6.07, 6.45) is 4.05. The molecule has 2 aromatic heterocycles. The number of carbonyl (C=O) groups excluding carboxylic acids is 2. The summed E-state index contributed by atoms with van der Waals surface area (Å²) in [4.78, 5) is 32.6. The maximum absolute atomic E-state index is 14.7. The first kappa shape index (κ1) is 21.6. The molecule has 0 bridgehead atoms. The number of nitrogens with zero attached hydrogens (tertiary/aromatic N) is 1. The number of pyridine rings is 1. The second kappa shape index (κ2) is 8.58. The van der Waals surface area contributed by atoms with Crippen LogP contribution in [0.4, 0.5) is 14.5 Å². The SMILES string of the molecule is O=C(NCc1ccc(F)cc1)C1(C(=O)Nc2ccc(Oc3ccnc4[nH]ccc34)c(F)c2)CC1. The first-order chi connectivity index (χ1) is 16.4. The maximum Gasteiger partial charge on any atom is 0.240 e. The molecule has 3 N–H and O–H groups in total. The molecule has 0 radical (unpaired) electrons. The van der Waals surface area contributed by atoms with Crippen LogP contribution in [0.1, 0.15) is 18.4 Å². The molecule has 0 unspecified atom stereocenters. The highest BCUT2D eigenvalue weighted by Crippen LogP contribution is 2.47. The number of aromatic amines is 1. The van der Waals surface area contributed by atoms with Crippen molar-refractivity contribution in [1.82, 2.24) is 15.3 Å².